The average Bonchev–Trinajstić information content (AvgIpc) is 3.34. The van der Waals surface area contributed by atoms with Gasteiger partial charge in [0.1, 0.15) is 5.75 Å². The van der Waals surface area contributed by atoms with Crippen LogP contribution in [0.1, 0.15) is 28.8 Å². The first-order valence-electron chi connectivity index (χ1n) is 8.52. The summed E-state index contributed by atoms with van der Waals surface area (Å²) in [4.78, 5) is 15.5. The number of rotatable bonds is 5. The lowest BCUT2D eigenvalue weighted by molar-refractivity contribution is 0.0944. The molecule has 1 saturated carbocycles. The molecule has 0 aliphatic heterocycles. The van der Waals surface area contributed by atoms with Gasteiger partial charge in [0.25, 0.3) is 5.91 Å². The Morgan fingerprint density at radius 3 is 2.67 bits per heavy atom. The fourth-order valence-electron chi connectivity index (χ4n) is 3.40. The highest BCUT2D eigenvalue weighted by Gasteiger charge is 2.46. The second kappa shape index (κ2) is 6.33. The summed E-state index contributed by atoms with van der Waals surface area (Å²) in [5, 5.41) is 3.66. The van der Waals surface area contributed by atoms with Crippen molar-refractivity contribution in [3.63, 3.8) is 0 Å². The summed E-state index contributed by atoms with van der Waals surface area (Å²) in [6.45, 7) is 0.272. The van der Waals surface area contributed by atoms with Gasteiger partial charge in [-0.05, 0) is 48.7 Å². The lowest BCUT2D eigenvalue weighted by Gasteiger charge is -2.16. The highest BCUT2D eigenvalue weighted by atomic mass is 19.2. The number of benzene rings is 2. The number of H-pyrrole nitrogens is 1. The predicted molar refractivity (Wildman–Crippen MR) is 94.4 cm³/mol. The van der Waals surface area contributed by atoms with Crippen molar-refractivity contribution in [2.45, 2.75) is 18.3 Å². The number of fused-ring (bicyclic) bond motifs is 1. The summed E-state index contributed by atoms with van der Waals surface area (Å²) in [5.41, 5.74) is 1.22. The average molecular weight is 374 g/mol. The van der Waals surface area contributed by atoms with Crippen LogP contribution >= 0.6 is 0 Å². The van der Waals surface area contributed by atoms with Gasteiger partial charge in [-0.15, -0.1) is 0 Å². The van der Waals surface area contributed by atoms with Crippen LogP contribution in [0.25, 0.3) is 10.9 Å². The van der Waals surface area contributed by atoms with Gasteiger partial charge in [-0.3, -0.25) is 4.79 Å². The SMILES string of the molecule is COc1ccc2[nH]cc(C3(CNC(=O)c4ccc(F)c(F)c4F)CC3)c2c1. The van der Waals surface area contributed by atoms with Crippen molar-refractivity contribution in [1.82, 2.24) is 10.3 Å². The molecule has 1 amide bonds. The third-order valence-corrected chi connectivity index (χ3v) is 5.18. The lowest BCUT2D eigenvalue weighted by atomic mass is 9.95. The standard InChI is InChI=1S/C20H17F3N2O2/c1-27-11-2-5-16-13(8-11)14(9-24-16)20(6-7-20)10-25-19(26)12-3-4-15(21)18(23)17(12)22/h2-5,8-9,24H,6-7,10H2,1H3,(H,25,26). The van der Waals surface area contributed by atoms with Gasteiger partial charge in [0.2, 0.25) is 0 Å². The van der Waals surface area contributed by atoms with Crippen molar-refractivity contribution in [2.24, 2.45) is 0 Å². The van der Waals surface area contributed by atoms with Crippen LogP contribution in [-0.2, 0) is 5.41 Å². The van der Waals surface area contributed by atoms with Gasteiger partial charge in [-0.2, -0.15) is 0 Å². The summed E-state index contributed by atoms with van der Waals surface area (Å²) in [6.07, 6.45) is 3.62. The zero-order valence-electron chi connectivity index (χ0n) is 14.5. The van der Waals surface area contributed by atoms with E-state index in [0.29, 0.717) is 0 Å². The topological polar surface area (TPSA) is 54.1 Å². The Hall–Kier alpha value is -2.96. The molecule has 1 aliphatic rings. The molecule has 7 heteroatoms. The number of halogens is 3. The number of carbonyl (C=O) groups is 1. The summed E-state index contributed by atoms with van der Waals surface area (Å²) in [6, 6.07) is 7.39. The minimum Gasteiger partial charge on any atom is -0.497 e. The molecular weight excluding hydrogens is 357 g/mol. The number of methoxy groups -OCH3 is 1. The van der Waals surface area contributed by atoms with E-state index >= 15 is 0 Å². The van der Waals surface area contributed by atoms with Crippen LogP contribution in [0, 0.1) is 17.5 Å². The van der Waals surface area contributed by atoms with Crippen molar-refractivity contribution in [2.75, 3.05) is 13.7 Å². The van der Waals surface area contributed by atoms with Crippen LogP contribution in [0.2, 0.25) is 0 Å². The van der Waals surface area contributed by atoms with E-state index in [0.717, 1.165) is 47.2 Å². The molecule has 0 saturated heterocycles. The third kappa shape index (κ3) is 2.93. The third-order valence-electron chi connectivity index (χ3n) is 5.18. The van der Waals surface area contributed by atoms with Crippen molar-refractivity contribution < 1.29 is 22.7 Å². The normalized spacial score (nSPS) is 15.0. The number of amides is 1. The number of aromatic amines is 1. The second-order valence-electron chi connectivity index (χ2n) is 6.80. The maximum atomic E-state index is 13.8. The van der Waals surface area contributed by atoms with Gasteiger partial charge < -0.3 is 15.0 Å². The lowest BCUT2D eigenvalue weighted by Crippen LogP contribution is -2.33. The zero-order valence-corrected chi connectivity index (χ0v) is 14.5. The molecule has 1 aliphatic carbocycles. The van der Waals surface area contributed by atoms with Gasteiger partial charge in [-0.25, -0.2) is 13.2 Å². The van der Waals surface area contributed by atoms with Gasteiger partial charge in [0.05, 0.1) is 12.7 Å². The number of carbonyl (C=O) groups excluding carboxylic acids is 1. The first-order chi connectivity index (χ1) is 12.9. The molecular formula is C20H17F3N2O2. The number of hydrogen-bond donors (Lipinski definition) is 2. The van der Waals surface area contributed by atoms with Crippen molar-refractivity contribution in [1.29, 1.82) is 0 Å². The number of hydrogen-bond acceptors (Lipinski definition) is 2. The number of ether oxygens (including phenoxy) is 1. The van der Waals surface area contributed by atoms with E-state index in [1.807, 2.05) is 24.4 Å². The monoisotopic (exact) mass is 374 g/mol. The summed E-state index contributed by atoms with van der Waals surface area (Å²) in [7, 11) is 1.59. The van der Waals surface area contributed by atoms with E-state index in [2.05, 4.69) is 10.3 Å². The summed E-state index contributed by atoms with van der Waals surface area (Å²) < 4.78 is 45.5. The molecule has 4 nitrogen and oxygen atoms in total. The van der Waals surface area contributed by atoms with Crippen LogP contribution < -0.4 is 10.1 Å². The zero-order chi connectivity index (χ0) is 19.2. The molecule has 2 aromatic carbocycles. The van der Waals surface area contributed by atoms with E-state index in [1.165, 1.54) is 0 Å². The van der Waals surface area contributed by atoms with Crippen LogP contribution in [-0.4, -0.2) is 24.5 Å². The second-order valence-corrected chi connectivity index (χ2v) is 6.80. The van der Waals surface area contributed by atoms with E-state index in [-0.39, 0.29) is 12.0 Å². The Kier molecular flexibility index (Phi) is 4.09. The van der Waals surface area contributed by atoms with Crippen LogP contribution in [0.3, 0.4) is 0 Å². The minimum absolute atomic E-state index is 0.269. The number of nitrogens with one attached hydrogen (secondary N) is 2. The Morgan fingerprint density at radius 2 is 1.96 bits per heavy atom. The number of aromatic nitrogens is 1. The largest absolute Gasteiger partial charge is 0.497 e. The van der Waals surface area contributed by atoms with Gasteiger partial charge in [-0.1, -0.05) is 0 Å². The van der Waals surface area contributed by atoms with E-state index in [4.69, 9.17) is 4.74 Å². The maximum Gasteiger partial charge on any atom is 0.254 e. The van der Waals surface area contributed by atoms with Crippen LogP contribution in [0.15, 0.2) is 36.5 Å². The van der Waals surface area contributed by atoms with E-state index < -0.39 is 28.9 Å². The fraction of sp³-hybridized carbons (Fsp3) is 0.250. The highest BCUT2D eigenvalue weighted by Crippen LogP contribution is 2.50. The van der Waals surface area contributed by atoms with E-state index in [1.54, 1.807) is 7.11 Å². The maximum absolute atomic E-state index is 13.8. The molecule has 0 atom stereocenters. The summed E-state index contributed by atoms with van der Waals surface area (Å²) >= 11 is 0. The Morgan fingerprint density at radius 1 is 1.19 bits per heavy atom. The first kappa shape index (κ1) is 17.5. The quantitative estimate of drug-likeness (QED) is 0.662. The first-order valence-corrected chi connectivity index (χ1v) is 8.52. The fourth-order valence-corrected chi connectivity index (χ4v) is 3.40. The molecule has 27 heavy (non-hydrogen) atoms. The van der Waals surface area contributed by atoms with Gasteiger partial charge in [0.15, 0.2) is 17.5 Å². The van der Waals surface area contributed by atoms with Gasteiger partial charge >= 0.3 is 0 Å². The molecule has 4 rings (SSSR count). The molecule has 2 N–H and O–H groups in total. The molecule has 1 fully saturated rings. The smallest absolute Gasteiger partial charge is 0.254 e. The summed E-state index contributed by atoms with van der Waals surface area (Å²) in [5.74, 6) is -4.49. The van der Waals surface area contributed by atoms with Crippen molar-refractivity contribution in [3.05, 3.63) is 65.1 Å². The van der Waals surface area contributed by atoms with Crippen molar-refractivity contribution >= 4 is 16.8 Å². The Bertz CT molecular complexity index is 1040. The Labute approximate surface area is 153 Å². The molecule has 140 valence electrons. The molecule has 3 aromatic rings. The molecule has 1 heterocycles. The molecule has 0 radical (unpaired) electrons. The molecule has 0 spiro atoms. The minimum atomic E-state index is -1.65. The Balaban J connectivity index is 1.57. The molecule has 1 aromatic heterocycles. The van der Waals surface area contributed by atoms with Crippen molar-refractivity contribution in [3.8, 4) is 5.75 Å². The van der Waals surface area contributed by atoms with Crippen LogP contribution in [0.5, 0.6) is 5.75 Å². The van der Waals surface area contributed by atoms with Crippen LogP contribution in [0.4, 0.5) is 13.2 Å². The molecule has 0 unspecified atom stereocenters. The highest BCUT2D eigenvalue weighted by molar-refractivity contribution is 5.94. The van der Waals surface area contributed by atoms with E-state index in [9.17, 15) is 18.0 Å². The molecule has 0 bridgehead atoms. The predicted octanol–water partition coefficient (Wildman–Crippen LogP) is 4.06. The van der Waals surface area contributed by atoms with Gasteiger partial charge in [0, 0.05) is 29.1 Å².